The molecule has 0 fully saturated rings. The monoisotopic (exact) mass is 355 g/mol. The third-order valence-electron chi connectivity index (χ3n) is 2.76. The van der Waals surface area contributed by atoms with Crippen LogP contribution < -0.4 is 4.74 Å². The quantitative estimate of drug-likeness (QED) is 0.430. The van der Waals surface area contributed by atoms with Crippen molar-refractivity contribution in [3.8, 4) is 11.5 Å². The highest BCUT2D eigenvalue weighted by molar-refractivity contribution is 9.10. The van der Waals surface area contributed by atoms with Crippen molar-refractivity contribution in [2.45, 2.75) is 12.8 Å². The van der Waals surface area contributed by atoms with Gasteiger partial charge in [-0.1, -0.05) is 15.9 Å². The smallest absolute Gasteiger partial charge is 0.269 e. The summed E-state index contributed by atoms with van der Waals surface area (Å²) < 4.78 is 6.71. The number of hydrogen-bond donors (Lipinski definition) is 0. The third-order valence-corrected chi connectivity index (χ3v) is 3.54. The van der Waals surface area contributed by atoms with Crippen molar-refractivity contribution in [1.82, 2.24) is 0 Å². The molecule has 0 unspecified atom stereocenters. The molecule has 20 heavy (non-hydrogen) atoms. The van der Waals surface area contributed by atoms with Crippen molar-refractivity contribution in [3.05, 3.63) is 62.1 Å². The van der Waals surface area contributed by atoms with Gasteiger partial charge in [0, 0.05) is 22.2 Å². The number of aryl methyl sites for hydroxylation is 1. The zero-order valence-corrected chi connectivity index (χ0v) is 12.9. The summed E-state index contributed by atoms with van der Waals surface area (Å²) in [5, 5.41) is 10.7. The third kappa shape index (κ3) is 3.29. The second-order valence-corrected chi connectivity index (χ2v) is 5.38. The first kappa shape index (κ1) is 14.8. The summed E-state index contributed by atoms with van der Waals surface area (Å²) >= 11 is 9.26. The molecule has 0 aromatic heterocycles. The van der Waals surface area contributed by atoms with Gasteiger partial charge < -0.3 is 4.74 Å². The Balaban J connectivity index is 2.33. The van der Waals surface area contributed by atoms with Crippen molar-refractivity contribution in [3.63, 3.8) is 0 Å². The topological polar surface area (TPSA) is 52.4 Å². The lowest BCUT2D eigenvalue weighted by molar-refractivity contribution is -0.384. The van der Waals surface area contributed by atoms with E-state index >= 15 is 0 Å². The molecule has 4 nitrogen and oxygen atoms in total. The van der Waals surface area contributed by atoms with Crippen LogP contribution in [0.5, 0.6) is 11.5 Å². The number of non-ortho nitro benzene ring substituents is 1. The maximum absolute atomic E-state index is 10.7. The fourth-order valence-electron chi connectivity index (χ4n) is 1.73. The van der Waals surface area contributed by atoms with Crippen LogP contribution in [0.4, 0.5) is 5.69 Å². The molecule has 0 amide bonds. The second-order valence-electron chi connectivity index (χ2n) is 4.19. The Bertz CT molecular complexity index is 661. The number of benzene rings is 2. The molecule has 6 heteroatoms. The van der Waals surface area contributed by atoms with Gasteiger partial charge in [0.15, 0.2) is 0 Å². The molecule has 2 rings (SSSR count). The van der Waals surface area contributed by atoms with E-state index in [0.717, 1.165) is 10.0 Å². The van der Waals surface area contributed by atoms with E-state index in [9.17, 15) is 10.1 Å². The zero-order chi connectivity index (χ0) is 14.7. The minimum atomic E-state index is -0.430. The number of hydrogen-bond acceptors (Lipinski definition) is 3. The molecular formula is C14H11BrClNO3. The molecule has 2 aromatic rings. The van der Waals surface area contributed by atoms with E-state index in [1.165, 1.54) is 12.1 Å². The van der Waals surface area contributed by atoms with E-state index in [-0.39, 0.29) is 5.69 Å². The first-order valence-electron chi connectivity index (χ1n) is 5.78. The van der Waals surface area contributed by atoms with Crippen LogP contribution in [0.25, 0.3) is 0 Å². The van der Waals surface area contributed by atoms with Crippen LogP contribution in [0.2, 0.25) is 0 Å². The molecule has 0 aliphatic rings. The predicted molar refractivity (Wildman–Crippen MR) is 81.6 cm³/mol. The Morgan fingerprint density at radius 1 is 1.25 bits per heavy atom. The second kappa shape index (κ2) is 6.24. The molecular weight excluding hydrogens is 346 g/mol. The van der Waals surface area contributed by atoms with Crippen LogP contribution in [0.15, 0.2) is 40.9 Å². The Morgan fingerprint density at radius 2 is 1.95 bits per heavy atom. The molecule has 104 valence electrons. The van der Waals surface area contributed by atoms with Gasteiger partial charge in [-0.2, -0.15) is 0 Å². The van der Waals surface area contributed by atoms with Crippen LogP contribution in [-0.2, 0) is 5.88 Å². The van der Waals surface area contributed by atoms with E-state index in [1.807, 2.05) is 18.2 Å². The highest BCUT2D eigenvalue weighted by Gasteiger charge is 2.11. The van der Waals surface area contributed by atoms with Crippen LogP contribution >= 0.6 is 27.5 Å². The van der Waals surface area contributed by atoms with Crippen molar-refractivity contribution in [2.24, 2.45) is 0 Å². The number of ether oxygens (including phenoxy) is 1. The lowest BCUT2D eigenvalue weighted by Gasteiger charge is -2.12. The number of rotatable bonds is 4. The van der Waals surface area contributed by atoms with Gasteiger partial charge in [-0.25, -0.2) is 0 Å². The summed E-state index contributed by atoms with van der Waals surface area (Å²) in [5.41, 5.74) is 1.59. The molecule has 0 aliphatic carbocycles. The molecule has 0 aliphatic heterocycles. The molecule has 0 bridgehead atoms. The lowest BCUT2D eigenvalue weighted by atomic mass is 10.2. The van der Waals surface area contributed by atoms with E-state index in [4.69, 9.17) is 16.3 Å². The Kier molecular flexibility index (Phi) is 4.62. The van der Waals surface area contributed by atoms with E-state index in [1.54, 1.807) is 13.0 Å². The van der Waals surface area contributed by atoms with Crippen molar-refractivity contribution >= 4 is 33.2 Å². The van der Waals surface area contributed by atoms with Gasteiger partial charge in [0.2, 0.25) is 0 Å². The van der Waals surface area contributed by atoms with Crippen LogP contribution in [0.3, 0.4) is 0 Å². The fraction of sp³-hybridized carbons (Fsp3) is 0.143. The number of halogens is 2. The number of alkyl halides is 1. The lowest BCUT2D eigenvalue weighted by Crippen LogP contribution is -1.94. The Labute approximate surface area is 129 Å². The van der Waals surface area contributed by atoms with Gasteiger partial charge in [0.25, 0.3) is 5.69 Å². The van der Waals surface area contributed by atoms with Crippen molar-refractivity contribution < 1.29 is 9.66 Å². The fourth-order valence-corrected chi connectivity index (χ4v) is 2.35. The Morgan fingerprint density at radius 3 is 2.55 bits per heavy atom. The van der Waals surface area contributed by atoms with Gasteiger partial charge in [-0.05, 0) is 36.8 Å². The zero-order valence-electron chi connectivity index (χ0n) is 10.6. The molecule has 0 atom stereocenters. The average Bonchev–Trinajstić information content (AvgIpc) is 2.42. The molecule has 2 aromatic carbocycles. The van der Waals surface area contributed by atoms with Crippen molar-refractivity contribution in [2.75, 3.05) is 0 Å². The molecule has 0 saturated heterocycles. The van der Waals surface area contributed by atoms with E-state index < -0.39 is 4.92 Å². The molecule has 0 N–H and O–H groups in total. The van der Waals surface area contributed by atoms with Crippen molar-refractivity contribution in [1.29, 1.82) is 0 Å². The summed E-state index contributed by atoms with van der Waals surface area (Å²) in [5.74, 6) is 1.53. The maximum atomic E-state index is 10.7. The number of nitro groups is 1. The minimum Gasteiger partial charge on any atom is -0.457 e. The maximum Gasteiger partial charge on any atom is 0.269 e. The van der Waals surface area contributed by atoms with E-state index in [0.29, 0.717) is 22.9 Å². The molecule has 0 radical (unpaired) electrons. The van der Waals surface area contributed by atoms with Gasteiger partial charge >= 0.3 is 0 Å². The van der Waals surface area contributed by atoms with Gasteiger partial charge in [0.1, 0.15) is 11.5 Å². The van der Waals surface area contributed by atoms with Gasteiger partial charge in [-0.15, -0.1) is 11.6 Å². The standard InChI is InChI=1S/C14H11BrClNO3/c1-9-6-12(17(18)19)3-5-13(9)20-14-4-2-11(15)7-10(14)8-16/h2-7H,8H2,1H3. The summed E-state index contributed by atoms with van der Waals surface area (Å²) in [7, 11) is 0. The summed E-state index contributed by atoms with van der Waals surface area (Å²) in [6.45, 7) is 1.77. The number of nitro benzene ring substituents is 1. The molecule has 0 spiro atoms. The van der Waals surface area contributed by atoms with Crippen LogP contribution in [0, 0.1) is 17.0 Å². The predicted octanol–water partition coefficient (Wildman–Crippen LogP) is 5.20. The normalized spacial score (nSPS) is 10.3. The Hall–Kier alpha value is -1.59. The number of nitrogens with zero attached hydrogens (tertiary/aromatic N) is 1. The van der Waals surface area contributed by atoms with Crippen LogP contribution in [0.1, 0.15) is 11.1 Å². The van der Waals surface area contributed by atoms with Gasteiger partial charge in [-0.3, -0.25) is 10.1 Å². The highest BCUT2D eigenvalue weighted by Crippen LogP contribution is 2.32. The first-order chi connectivity index (χ1) is 9.51. The largest absolute Gasteiger partial charge is 0.457 e. The molecule has 0 heterocycles. The van der Waals surface area contributed by atoms with Gasteiger partial charge in [0.05, 0.1) is 10.8 Å². The SMILES string of the molecule is Cc1cc([N+](=O)[O-])ccc1Oc1ccc(Br)cc1CCl. The average molecular weight is 357 g/mol. The summed E-state index contributed by atoms with van der Waals surface area (Å²) in [6.07, 6.45) is 0. The summed E-state index contributed by atoms with van der Waals surface area (Å²) in [4.78, 5) is 10.3. The molecule has 0 saturated carbocycles. The summed E-state index contributed by atoms with van der Waals surface area (Å²) in [6, 6.07) is 10.0. The highest BCUT2D eigenvalue weighted by atomic mass is 79.9. The van der Waals surface area contributed by atoms with E-state index in [2.05, 4.69) is 15.9 Å². The van der Waals surface area contributed by atoms with Crippen LogP contribution in [-0.4, -0.2) is 4.92 Å². The first-order valence-corrected chi connectivity index (χ1v) is 7.11. The minimum absolute atomic E-state index is 0.0447.